The molecule has 0 amide bonds. The molecule has 1 N–H and O–H groups in total. The molecule has 0 aromatic rings. The summed E-state index contributed by atoms with van der Waals surface area (Å²) in [7, 11) is 0. The quantitative estimate of drug-likeness (QED) is 0.492. The van der Waals surface area contributed by atoms with Crippen LogP contribution in [0.5, 0.6) is 0 Å². The summed E-state index contributed by atoms with van der Waals surface area (Å²) in [5, 5.41) is 9.34. The van der Waals surface area contributed by atoms with Gasteiger partial charge in [-0.1, -0.05) is 6.08 Å². The maximum atomic E-state index is 9.34. The van der Waals surface area contributed by atoms with Crippen molar-refractivity contribution in [1.29, 1.82) is 0 Å². The Morgan fingerprint density at radius 2 is 2.36 bits per heavy atom. The number of hydrogen-bond donors (Lipinski definition) is 1. The summed E-state index contributed by atoms with van der Waals surface area (Å²) in [5.41, 5.74) is 0. The van der Waals surface area contributed by atoms with Crippen LogP contribution in [0.4, 0.5) is 0 Å². The fourth-order valence-corrected chi connectivity index (χ4v) is 1.39. The molecule has 2 nitrogen and oxygen atoms in total. The normalized spacial score (nSPS) is 30.6. The molecule has 1 rings (SSSR count). The Morgan fingerprint density at radius 1 is 1.55 bits per heavy atom. The van der Waals surface area contributed by atoms with Crippen LogP contribution in [0.25, 0.3) is 0 Å². The van der Waals surface area contributed by atoms with E-state index in [1.807, 2.05) is 6.08 Å². The van der Waals surface area contributed by atoms with Crippen LogP contribution in [0.2, 0.25) is 0 Å². The monoisotopic (exact) mass is 156 g/mol. The zero-order valence-electron chi connectivity index (χ0n) is 6.83. The molecular weight excluding hydrogens is 140 g/mol. The molecule has 1 fully saturated rings. The van der Waals surface area contributed by atoms with Crippen LogP contribution in [-0.4, -0.2) is 24.4 Å². The number of ether oxygens (including phenoxy) is 1. The third kappa shape index (κ3) is 2.64. The Bertz CT molecular complexity index is 123. The van der Waals surface area contributed by atoms with Crippen LogP contribution in [-0.2, 0) is 4.74 Å². The van der Waals surface area contributed by atoms with E-state index in [-0.39, 0.29) is 6.10 Å². The van der Waals surface area contributed by atoms with Crippen LogP contribution in [0.15, 0.2) is 12.7 Å². The molecule has 0 bridgehead atoms. The molecule has 2 atom stereocenters. The Kier molecular flexibility index (Phi) is 3.60. The Labute approximate surface area is 67.9 Å². The van der Waals surface area contributed by atoms with Crippen molar-refractivity contribution >= 4 is 0 Å². The van der Waals surface area contributed by atoms with Gasteiger partial charge in [-0.05, 0) is 19.3 Å². The SMILES string of the molecule is C=CCCC[C@H]1COC[C@@H]1O. The molecule has 0 aromatic heterocycles. The molecule has 0 spiro atoms. The van der Waals surface area contributed by atoms with Gasteiger partial charge in [-0.3, -0.25) is 0 Å². The fourth-order valence-electron chi connectivity index (χ4n) is 1.39. The van der Waals surface area contributed by atoms with Crippen molar-refractivity contribution in [3.8, 4) is 0 Å². The van der Waals surface area contributed by atoms with Gasteiger partial charge in [-0.25, -0.2) is 0 Å². The number of aliphatic hydroxyl groups is 1. The Balaban J connectivity index is 2.10. The molecule has 11 heavy (non-hydrogen) atoms. The van der Waals surface area contributed by atoms with Crippen molar-refractivity contribution in [3.63, 3.8) is 0 Å². The first-order valence-corrected chi connectivity index (χ1v) is 4.21. The molecule has 0 aliphatic carbocycles. The Morgan fingerprint density at radius 3 is 2.91 bits per heavy atom. The first-order valence-electron chi connectivity index (χ1n) is 4.21. The number of unbranched alkanes of at least 4 members (excludes halogenated alkanes) is 1. The van der Waals surface area contributed by atoms with Gasteiger partial charge in [0.2, 0.25) is 0 Å². The lowest BCUT2D eigenvalue weighted by Crippen LogP contribution is -2.17. The molecule has 2 heteroatoms. The topological polar surface area (TPSA) is 29.5 Å². The second-order valence-electron chi connectivity index (χ2n) is 3.08. The second-order valence-corrected chi connectivity index (χ2v) is 3.08. The van der Waals surface area contributed by atoms with Crippen molar-refractivity contribution in [3.05, 3.63) is 12.7 Å². The number of hydrogen-bond acceptors (Lipinski definition) is 2. The summed E-state index contributed by atoms with van der Waals surface area (Å²) < 4.78 is 5.12. The van der Waals surface area contributed by atoms with Crippen molar-refractivity contribution in [2.75, 3.05) is 13.2 Å². The summed E-state index contributed by atoms with van der Waals surface area (Å²) in [6.07, 6.45) is 4.92. The molecule has 0 radical (unpaired) electrons. The highest BCUT2D eigenvalue weighted by atomic mass is 16.5. The summed E-state index contributed by atoms with van der Waals surface area (Å²) in [6, 6.07) is 0. The number of aliphatic hydroxyl groups excluding tert-OH is 1. The summed E-state index contributed by atoms with van der Waals surface area (Å²) >= 11 is 0. The van der Waals surface area contributed by atoms with E-state index in [1.165, 1.54) is 0 Å². The molecule has 1 heterocycles. The number of allylic oxidation sites excluding steroid dienone is 1. The van der Waals surface area contributed by atoms with E-state index >= 15 is 0 Å². The second kappa shape index (κ2) is 4.52. The minimum absolute atomic E-state index is 0.222. The third-order valence-corrected chi connectivity index (χ3v) is 2.15. The minimum Gasteiger partial charge on any atom is -0.390 e. The molecule has 0 aromatic carbocycles. The van der Waals surface area contributed by atoms with Crippen LogP contribution >= 0.6 is 0 Å². The highest BCUT2D eigenvalue weighted by Crippen LogP contribution is 2.19. The van der Waals surface area contributed by atoms with E-state index in [0.29, 0.717) is 12.5 Å². The van der Waals surface area contributed by atoms with E-state index in [1.54, 1.807) is 0 Å². The average molecular weight is 156 g/mol. The first-order chi connectivity index (χ1) is 5.34. The van der Waals surface area contributed by atoms with E-state index in [4.69, 9.17) is 4.74 Å². The van der Waals surface area contributed by atoms with Gasteiger partial charge in [0, 0.05) is 5.92 Å². The highest BCUT2D eigenvalue weighted by Gasteiger charge is 2.24. The average Bonchev–Trinajstić information content (AvgIpc) is 2.37. The van der Waals surface area contributed by atoms with E-state index in [0.717, 1.165) is 25.9 Å². The van der Waals surface area contributed by atoms with Gasteiger partial charge >= 0.3 is 0 Å². The number of rotatable bonds is 4. The van der Waals surface area contributed by atoms with Crippen molar-refractivity contribution in [1.82, 2.24) is 0 Å². The minimum atomic E-state index is -0.222. The maximum Gasteiger partial charge on any atom is 0.0823 e. The predicted molar refractivity (Wildman–Crippen MR) is 44.4 cm³/mol. The molecular formula is C9H16O2. The lowest BCUT2D eigenvalue weighted by atomic mass is 9.99. The van der Waals surface area contributed by atoms with Crippen LogP contribution in [0, 0.1) is 5.92 Å². The summed E-state index contributed by atoms with van der Waals surface area (Å²) in [4.78, 5) is 0. The van der Waals surface area contributed by atoms with Crippen molar-refractivity contribution in [2.45, 2.75) is 25.4 Å². The van der Waals surface area contributed by atoms with E-state index in [2.05, 4.69) is 6.58 Å². The van der Waals surface area contributed by atoms with Crippen LogP contribution < -0.4 is 0 Å². The molecule has 64 valence electrons. The van der Waals surface area contributed by atoms with Gasteiger partial charge in [0.05, 0.1) is 19.3 Å². The van der Waals surface area contributed by atoms with Gasteiger partial charge in [-0.2, -0.15) is 0 Å². The zero-order chi connectivity index (χ0) is 8.10. The van der Waals surface area contributed by atoms with Gasteiger partial charge in [0.15, 0.2) is 0 Å². The molecule has 0 unspecified atom stereocenters. The lowest BCUT2D eigenvalue weighted by molar-refractivity contribution is 0.117. The van der Waals surface area contributed by atoms with Gasteiger partial charge in [0.25, 0.3) is 0 Å². The lowest BCUT2D eigenvalue weighted by Gasteiger charge is -2.10. The molecule has 0 saturated carbocycles. The predicted octanol–water partition coefficient (Wildman–Crippen LogP) is 1.35. The van der Waals surface area contributed by atoms with Crippen LogP contribution in [0.3, 0.4) is 0 Å². The first kappa shape index (κ1) is 8.75. The molecule has 1 saturated heterocycles. The zero-order valence-corrected chi connectivity index (χ0v) is 6.83. The molecule has 1 aliphatic heterocycles. The maximum absolute atomic E-state index is 9.34. The van der Waals surface area contributed by atoms with Gasteiger partial charge in [0.1, 0.15) is 0 Å². The summed E-state index contributed by atoms with van der Waals surface area (Å²) in [5.74, 6) is 0.370. The fraction of sp³-hybridized carbons (Fsp3) is 0.778. The van der Waals surface area contributed by atoms with Gasteiger partial charge in [-0.15, -0.1) is 6.58 Å². The smallest absolute Gasteiger partial charge is 0.0823 e. The highest BCUT2D eigenvalue weighted by molar-refractivity contribution is 4.75. The van der Waals surface area contributed by atoms with Crippen LogP contribution in [0.1, 0.15) is 19.3 Å². The Hall–Kier alpha value is -0.340. The van der Waals surface area contributed by atoms with Gasteiger partial charge < -0.3 is 9.84 Å². The molecule has 1 aliphatic rings. The van der Waals surface area contributed by atoms with E-state index in [9.17, 15) is 5.11 Å². The van der Waals surface area contributed by atoms with Crippen molar-refractivity contribution in [2.24, 2.45) is 5.92 Å². The third-order valence-electron chi connectivity index (χ3n) is 2.15. The van der Waals surface area contributed by atoms with Crippen molar-refractivity contribution < 1.29 is 9.84 Å². The standard InChI is InChI=1S/C9H16O2/c1-2-3-4-5-8-6-11-7-9(8)10/h2,8-10H,1,3-7H2/t8-,9-/m0/s1. The summed E-state index contributed by atoms with van der Waals surface area (Å²) in [6.45, 7) is 4.91. The largest absolute Gasteiger partial charge is 0.390 e. The van der Waals surface area contributed by atoms with E-state index < -0.39 is 0 Å².